The summed E-state index contributed by atoms with van der Waals surface area (Å²) in [6.45, 7) is 2.05. The molecule has 0 atom stereocenters. The lowest BCUT2D eigenvalue weighted by atomic mass is 10.2. The van der Waals surface area contributed by atoms with Gasteiger partial charge >= 0.3 is 5.97 Å². The van der Waals surface area contributed by atoms with Crippen LogP contribution in [0.4, 0.5) is 0 Å². The summed E-state index contributed by atoms with van der Waals surface area (Å²) in [5, 5.41) is 4.00. The van der Waals surface area contributed by atoms with Gasteiger partial charge in [-0.25, -0.2) is 4.79 Å². The van der Waals surface area contributed by atoms with Crippen molar-refractivity contribution in [2.75, 3.05) is 0 Å². The maximum Gasteiger partial charge on any atom is 0.341 e. The van der Waals surface area contributed by atoms with Crippen molar-refractivity contribution in [2.24, 2.45) is 7.05 Å². The highest BCUT2D eigenvalue weighted by Crippen LogP contribution is 2.09. The molecule has 0 spiro atoms. The minimum atomic E-state index is -0.362. The standard InChI is InChI=1S/C12H13N3O2/c1-9-11(7-14-15(9)2)12(16)17-8-10-4-3-5-13-6-10/h3-7H,8H2,1-2H3. The van der Waals surface area contributed by atoms with Gasteiger partial charge in [-0.2, -0.15) is 5.10 Å². The SMILES string of the molecule is Cc1c(C(=O)OCc2cccnc2)cnn1C. The van der Waals surface area contributed by atoms with Gasteiger partial charge in [0, 0.05) is 30.7 Å². The third-order valence-corrected chi connectivity index (χ3v) is 2.55. The normalized spacial score (nSPS) is 10.2. The summed E-state index contributed by atoms with van der Waals surface area (Å²) < 4.78 is 6.82. The molecule has 5 nitrogen and oxygen atoms in total. The number of carbonyl (C=O) groups excluding carboxylic acids is 1. The molecule has 0 radical (unpaired) electrons. The van der Waals surface area contributed by atoms with Crippen LogP contribution in [-0.2, 0) is 18.4 Å². The second-order valence-electron chi connectivity index (χ2n) is 3.70. The maximum atomic E-state index is 11.8. The molecule has 5 heteroatoms. The largest absolute Gasteiger partial charge is 0.457 e. The highest BCUT2D eigenvalue weighted by atomic mass is 16.5. The van der Waals surface area contributed by atoms with E-state index >= 15 is 0 Å². The van der Waals surface area contributed by atoms with Crippen molar-refractivity contribution < 1.29 is 9.53 Å². The van der Waals surface area contributed by atoms with E-state index in [1.54, 1.807) is 30.2 Å². The molecule has 2 aromatic rings. The van der Waals surface area contributed by atoms with Gasteiger partial charge in [-0.3, -0.25) is 9.67 Å². The average Bonchev–Trinajstić information content (AvgIpc) is 2.69. The predicted octanol–water partition coefficient (Wildman–Crippen LogP) is 1.48. The van der Waals surface area contributed by atoms with Gasteiger partial charge in [-0.1, -0.05) is 6.07 Å². The molecule has 0 aliphatic heterocycles. The summed E-state index contributed by atoms with van der Waals surface area (Å²) >= 11 is 0. The van der Waals surface area contributed by atoms with Crippen molar-refractivity contribution in [1.29, 1.82) is 0 Å². The first-order valence-corrected chi connectivity index (χ1v) is 5.23. The zero-order valence-corrected chi connectivity index (χ0v) is 9.75. The third kappa shape index (κ3) is 2.50. The zero-order valence-electron chi connectivity index (χ0n) is 9.75. The van der Waals surface area contributed by atoms with Crippen LogP contribution in [0.15, 0.2) is 30.7 Å². The van der Waals surface area contributed by atoms with E-state index in [2.05, 4.69) is 10.1 Å². The summed E-state index contributed by atoms with van der Waals surface area (Å²) in [6, 6.07) is 3.66. The van der Waals surface area contributed by atoms with Gasteiger partial charge in [0.1, 0.15) is 12.2 Å². The number of esters is 1. The van der Waals surface area contributed by atoms with Crippen molar-refractivity contribution in [1.82, 2.24) is 14.8 Å². The van der Waals surface area contributed by atoms with E-state index in [1.165, 1.54) is 6.20 Å². The van der Waals surface area contributed by atoms with Crippen LogP contribution in [0.2, 0.25) is 0 Å². The number of hydrogen-bond acceptors (Lipinski definition) is 4. The van der Waals surface area contributed by atoms with Crippen molar-refractivity contribution in [3.63, 3.8) is 0 Å². The average molecular weight is 231 g/mol. The topological polar surface area (TPSA) is 57.0 Å². The van der Waals surface area contributed by atoms with Crippen LogP contribution in [0.25, 0.3) is 0 Å². The Morgan fingerprint density at radius 1 is 1.47 bits per heavy atom. The zero-order chi connectivity index (χ0) is 12.3. The molecular formula is C12H13N3O2. The number of nitrogens with zero attached hydrogens (tertiary/aromatic N) is 3. The Bertz CT molecular complexity index is 520. The monoisotopic (exact) mass is 231 g/mol. The molecule has 88 valence electrons. The number of ether oxygens (including phenoxy) is 1. The molecule has 17 heavy (non-hydrogen) atoms. The van der Waals surface area contributed by atoms with Crippen molar-refractivity contribution in [3.05, 3.63) is 47.5 Å². The lowest BCUT2D eigenvalue weighted by Crippen LogP contribution is -2.06. The number of hydrogen-bond donors (Lipinski definition) is 0. The molecule has 0 saturated heterocycles. The highest BCUT2D eigenvalue weighted by Gasteiger charge is 2.14. The molecule has 0 N–H and O–H groups in total. The van der Waals surface area contributed by atoms with E-state index in [-0.39, 0.29) is 12.6 Å². The highest BCUT2D eigenvalue weighted by molar-refractivity contribution is 5.90. The summed E-state index contributed by atoms with van der Waals surface area (Å²) in [4.78, 5) is 15.7. The first-order valence-electron chi connectivity index (χ1n) is 5.23. The number of carbonyl (C=O) groups is 1. The summed E-state index contributed by atoms with van der Waals surface area (Å²) in [7, 11) is 1.78. The maximum absolute atomic E-state index is 11.8. The first-order chi connectivity index (χ1) is 8.18. The van der Waals surface area contributed by atoms with E-state index in [1.807, 2.05) is 13.0 Å². The molecular weight excluding hydrogens is 218 g/mol. The third-order valence-electron chi connectivity index (χ3n) is 2.55. The fourth-order valence-electron chi connectivity index (χ4n) is 1.41. The van der Waals surface area contributed by atoms with Crippen molar-refractivity contribution >= 4 is 5.97 Å². The van der Waals surface area contributed by atoms with E-state index in [0.717, 1.165) is 11.3 Å². The smallest absolute Gasteiger partial charge is 0.341 e. The first kappa shape index (κ1) is 11.3. The summed E-state index contributed by atoms with van der Waals surface area (Å²) in [5.41, 5.74) is 2.15. The molecule has 0 amide bonds. The van der Waals surface area contributed by atoms with Crippen LogP contribution < -0.4 is 0 Å². The number of aryl methyl sites for hydroxylation is 1. The van der Waals surface area contributed by atoms with Gasteiger partial charge in [0.05, 0.1) is 6.20 Å². The van der Waals surface area contributed by atoms with E-state index in [4.69, 9.17) is 4.74 Å². The minimum Gasteiger partial charge on any atom is -0.457 e. The molecule has 0 fully saturated rings. The van der Waals surface area contributed by atoms with E-state index in [0.29, 0.717) is 5.56 Å². The van der Waals surface area contributed by atoms with Gasteiger partial charge in [0.15, 0.2) is 0 Å². The van der Waals surface area contributed by atoms with Crippen LogP contribution in [-0.4, -0.2) is 20.7 Å². The summed E-state index contributed by atoms with van der Waals surface area (Å²) in [5.74, 6) is -0.362. The van der Waals surface area contributed by atoms with Crippen LogP contribution in [0.3, 0.4) is 0 Å². The molecule has 2 rings (SSSR count). The van der Waals surface area contributed by atoms with Gasteiger partial charge in [0.25, 0.3) is 0 Å². The van der Waals surface area contributed by atoms with E-state index in [9.17, 15) is 4.79 Å². The second-order valence-corrected chi connectivity index (χ2v) is 3.70. The minimum absolute atomic E-state index is 0.223. The number of pyridine rings is 1. The molecule has 0 aliphatic carbocycles. The lowest BCUT2D eigenvalue weighted by molar-refractivity contribution is 0.0471. The Balaban J connectivity index is 2.01. The number of rotatable bonds is 3. The predicted molar refractivity (Wildman–Crippen MR) is 61.3 cm³/mol. The van der Waals surface area contributed by atoms with Crippen molar-refractivity contribution in [3.8, 4) is 0 Å². The Labute approximate surface area is 99.1 Å². The number of aromatic nitrogens is 3. The quantitative estimate of drug-likeness (QED) is 0.751. The fraction of sp³-hybridized carbons (Fsp3) is 0.250. The second kappa shape index (κ2) is 4.78. The Hall–Kier alpha value is -2.17. The van der Waals surface area contributed by atoms with Gasteiger partial charge in [-0.05, 0) is 13.0 Å². The fourth-order valence-corrected chi connectivity index (χ4v) is 1.41. The Morgan fingerprint density at radius 3 is 2.88 bits per heavy atom. The molecule has 0 bridgehead atoms. The molecule has 0 unspecified atom stereocenters. The van der Waals surface area contributed by atoms with Gasteiger partial charge < -0.3 is 4.74 Å². The lowest BCUT2D eigenvalue weighted by Gasteiger charge is -2.03. The Morgan fingerprint density at radius 2 is 2.29 bits per heavy atom. The van der Waals surface area contributed by atoms with Crippen molar-refractivity contribution in [2.45, 2.75) is 13.5 Å². The molecule has 0 saturated carbocycles. The molecule has 2 aromatic heterocycles. The van der Waals surface area contributed by atoms with Gasteiger partial charge in [0.2, 0.25) is 0 Å². The van der Waals surface area contributed by atoms with E-state index < -0.39 is 0 Å². The van der Waals surface area contributed by atoms with Crippen LogP contribution >= 0.6 is 0 Å². The van der Waals surface area contributed by atoms with Gasteiger partial charge in [-0.15, -0.1) is 0 Å². The summed E-state index contributed by atoms with van der Waals surface area (Å²) in [6.07, 6.45) is 4.86. The Kier molecular flexibility index (Phi) is 3.18. The molecule has 2 heterocycles. The molecule has 0 aliphatic rings. The van der Waals surface area contributed by atoms with Crippen LogP contribution in [0.1, 0.15) is 21.6 Å². The molecule has 0 aromatic carbocycles. The van der Waals surface area contributed by atoms with Crippen LogP contribution in [0, 0.1) is 6.92 Å². The van der Waals surface area contributed by atoms with Crippen LogP contribution in [0.5, 0.6) is 0 Å².